The molecule has 0 saturated carbocycles. The molecule has 2 unspecified atom stereocenters. The fourth-order valence-electron chi connectivity index (χ4n) is 4.10. The zero-order valence-electron chi connectivity index (χ0n) is 19.5. The Kier molecular flexibility index (Phi) is 8.20. The van der Waals surface area contributed by atoms with Crippen LogP contribution in [0.2, 0.25) is 0 Å². The smallest absolute Gasteiger partial charge is 0.243 e. The molecule has 35 heavy (non-hydrogen) atoms. The number of carbonyl (C=O) groups is 1. The Morgan fingerprint density at radius 1 is 1.14 bits per heavy atom. The fourth-order valence-corrected chi connectivity index (χ4v) is 7.53. The Bertz CT molecular complexity index is 1270. The van der Waals surface area contributed by atoms with Crippen LogP contribution in [0, 0.1) is 17.7 Å². The van der Waals surface area contributed by atoms with Gasteiger partial charge in [0.1, 0.15) is 5.82 Å². The second-order valence-corrected chi connectivity index (χ2v) is 13.0. The van der Waals surface area contributed by atoms with Crippen LogP contribution in [0.4, 0.5) is 9.52 Å². The summed E-state index contributed by atoms with van der Waals surface area (Å²) < 4.78 is 41.6. The van der Waals surface area contributed by atoms with Gasteiger partial charge in [0.2, 0.25) is 15.2 Å². The number of carbonyl (C=O) groups excluding carboxylic acids is 1. The van der Waals surface area contributed by atoms with Crippen LogP contribution in [0.1, 0.15) is 36.2 Å². The van der Waals surface area contributed by atoms with Gasteiger partial charge in [-0.05, 0) is 48.1 Å². The molecule has 2 atom stereocenters. The number of ketones is 1. The van der Waals surface area contributed by atoms with Gasteiger partial charge in [-0.1, -0.05) is 61.2 Å². The molecule has 186 valence electrons. The number of nitrogens with zero attached hydrogens (tertiary/aromatic N) is 3. The molecule has 1 fully saturated rings. The van der Waals surface area contributed by atoms with Gasteiger partial charge >= 0.3 is 0 Å². The predicted octanol–water partition coefficient (Wildman–Crippen LogP) is 4.93. The molecular weight excluding hydrogens is 507 g/mol. The average Bonchev–Trinajstić information content (AvgIpc) is 3.29. The van der Waals surface area contributed by atoms with Crippen molar-refractivity contribution in [1.82, 2.24) is 14.5 Å². The molecule has 1 N–H and O–H groups in total. The lowest BCUT2D eigenvalue weighted by atomic mass is 9.94. The highest BCUT2D eigenvalue weighted by atomic mass is 32.2. The zero-order valence-corrected chi connectivity index (χ0v) is 21.9. The second-order valence-electron chi connectivity index (χ2n) is 8.86. The molecule has 0 aliphatic carbocycles. The van der Waals surface area contributed by atoms with E-state index in [0.29, 0.717) is 41.4 Å². The monoisotopic (exact) mass is 534 g/mol. The van der Waals surface area contributed by atoms with Crippen molar-refractivity contribution in [2.45, 2.75) is 35.3 Å². The number of Topliss-reactive ketones (excluding diaryl/α,β-unsaturated/α-hetero) is 1. The van der Waals surface area contributed by atoms with Gasteiger partial charge < -0.3 is 5.32 Å². The highest BCUT2D eigenvalue weighted by Crippen LogP contribution is 2.29. The Labute approximate surface area is 213 Å². The fraction of sp³-hybridized carbons (Fsp3) is 0.375. The predicted molar refractivity (Wildman–Crippen MR) is 137 cm³/mol. The minimum Gasteiger partial charge on any atom is -0.353 e. The number of piperidine rings is 1. The Balaban J connectivity index is 1.35. The first-order valence-electron chi connectivity index (χ1n) is 11.3. The molecule has 1 aromatic heterocycles. The van der Waals surface area contributed by atoms with Crippen molar-refractivity contribution in [3.05, 3.63) is 65.5 Å². The number of nitrogens with one attached hydrogen (secondary N) is 1. The van der Waals surface area contributed by atoms with E-state index in [2.05, 4.69) is 29.4 Å². The molecule has 3 aromatic rings. The lowest BCUT2D eigenvalue weighted by Crippen LogP contribution is -2.42. The molecule has 0 amide bonds. The third-order valence-electron chi connectivity index (χ3n) is 5.71. The van der Waals surface area contributed by atoms with Crippen molar-refractivity contribution in [1.29, 1.82) is 0 Å². The van der Waals surface area contributed by atoms with Crippen LogP contribution in [0.5, 0.6) is 0 Å². The van der Waals surface area contributed by atoms with Gasteiger partial charge in [-0.15, -0.1) is 10.2 Å². The number of rotatable bonds is 9. The van der Waals surface area contributed by atoms with Crippen molar-refractivity contribution in [2.75, 3.05) is 25.0 Å². The highest BCUT2D eigenvalue weighted by Gasteiger charge is 2.32. The summed E-state index contributed by atoms with van der Waals surface area (Å²) in [5.74, 6) is 0.716. The molecule has 4 rings (SSSR count). The number of aromatic nitrogens is 2. The van der Waals surface area contributed by atoms with Gasteiger partial charge in [0.05, 0.1) is 11.4 Å². The first-order valence-corrected chi connectivity index (χ1v) is 14.5. The minimum absolute atomic E-state index is 0.0292. The van der Waals surface area contributed by atoms with Gasteiger partial charge in [-0.25, -0.2) is 12.8 Å². The van der Waals surface area contributed by atoms with E-state index in [1.54, 1.807) is 30.3 Å². The van der Waals surface area contributed by atoms with Gasteiger partial charge in [0.25, 0.3) is 0 Å². The van der Waals surface area contributed by atoms with E-state index in [-0.39, 0.29) is 23.0 Å². The van der Waals surface area contributed by atoms with E-state index in [4.69, 9.17) is 0 Å². The topological polar surface area (TPSA) is 92.3 Å². The quantitative estimate of drug-likeness (QED) is 0.307. The van der Waals surface area contributed by atoms with Gasteiger partial charge in [0.15, 0.2) is 10.1 Å². The molecule has 2 aromatic carbocycles. The van der Waals surface area contributed by atoms with E-state index < -0.39 is 10.0 Å². The summed E-state index contributed by atoms with van der Waals surface area (Å²) in [6, 6.07) is 12.5. The first-order chi connectivity index (χ1) is 16.7. The van der Waals surface area contributed by atoms with Crippen LogP contribution < -0.4 is 5.32 Å². The number of sulfonamides is 1. The maximum Gasteiger partial charge on any atom is 0.243 e. The molecule has 0 radical (unpaired) electrons. The lowest BCUT2D eigenvalue weighted by Gasteiger charge is -2.34. The van der Waals surface area contributed by atoms with Crippen molar-refractivity contribution in [3.63, 3.8) is 0 Å². The molecule has 1 aliphatic rings. The number of anilines is 1. The normalized spacial score (nSPS) is 18.9. The van der Waals surface area contributed by atoms with Crippen LogP contribution in [0.3, 0.4) is 0 Å². The minimum atomic E-state index is -3.66. The van der Waals surface area contributed by atoms with E-state index in [9.17, 15) is 17.6 Å². The number of thioether (sulfide) groups is 1. The van der Waals surface area contributed by atoms with E-state index in [1.807, 2.05) is 0 Å². The molecular formula is C24H27FN4O3S3. The van der Waals surface area contributed by atoms with Crippen LogP contribution >= 0.6 is 23.1 Å². The maximum atomic E-state index is 13.2. The van der Waals surface area contributed by atoms with Crippen molar-refractivity contribution in [2.24, 2.45) is 11.8 Å². The van der Waals surface area contributed by atoms with Gasteiger partial charge in [-0.2, -0.15) is 4.31 Å². The van der Waals surface area contributed by atoms with Gasteiger partial charge in [-0.3, -0.25) is 4.79 Å². The number of hydrogen-bond acceptors (Lipinski definition) is 8. The zero-order chi connectivity index (χ0) is 25.0. The Morgan fingerprint density at radius 2 is 1.86 bits per heavy atom. The standard InChI is InChI=1S/C24H27FN4O3S3/c1-16-10-17(2)14-29(13-16)35(31,32)21-5-3-4-19(11-21)22(30)12-26-23-27-28-24(34-23)33-15-18-6-8-20(25)9-7-18/h3-9,11,16-17H,10,12-15H2,1-2H3,(H,26,27). The second kappa shape index (κ2) is 11.2. The molecule has 7 nitrogen and oxygen atoms in total. The van der Waals surface area contributed by atoms with Crippen LogP contribution in [0.25, 0.3) is 0 Å². The Hall–Kier alpha value is -2.34. The summed E-state index contributed by atoms with van der Waals surface area (Å²) in [7, 11) is -3.66. The third kappa shape index (κ3) is 6.66. The van der Waals surface area contributed by atoms with Crippen LogP contribution in [0.15, 0.2) is 57.8 Å². The van der Waals surface area contributed by atoms with E-state index in [0.717, 1.165) is 16.3 Å². The summed E-state index contributed by atoms with van der Waals surface area (Å²) in [5, 5.41) is 11.6. The molecule has 2 heterocycles. The molecule has 0 bridgehead atoms. The Morgan fingerprint density at radius 3 is 2.57 bits per heavy atom. The summed E-state index contributed by atoms with van der Waals surface area (Å²) in [4.78, 5) is 12.9. The van der Waals surface area contributed by atoms with Crippen molar-refractivity contribution >= 4 is 44.0 Å². The summed E-state index contributed by atoms with van der Waals surface area (Å²) in [6.07, 6.45) is 1.01. The first kappa shape index (κ1) is 25.7. The number of benzene rings is 2. The highest BCUT2D eigenvalue weighted by molar-refractivity contribution is 8.00. The third-order valence-corrected chi connectivity index (χ3v) is 9.62. The summed E-state index contributed by atoms with van der Waals surface area (Å²) in [5.41, 5.74) is 1.30. The van der Waals surface area contributed by atoms with Crippen LogP contribution in [-0.4, -0.2) is 48.3 Å². The summed E-state index contributed by atoms with van der Waals surface area (Å²) >= 11 is 2.80. The SMILES string of the molecule is CC1CC(C)CN(S(=O)(=O)c2cccc(C(=O)CNc3nnc(SCc4ccc(F)cc4)s3)c2)C1. The van der Waals surface area contributed by atoms with Crippen LogP contribution in [-0.2, 0) is 15.8 Å². The van der Waals surface area contributed by atoms with E-state index >= 15 is 0 Å². The molecule has 0 spiro atoms. The van der Waals surface area contributed by atoms with Gasteiger partial charge in [0, 0.05) is 24.4 Å². The summed E-state index contributed by atoms with van der Waals surface area (Å²) in [6.45, 7) is 5.07. The lowest BCUT2D eigenvalue weighted by molar-refractivity contribution is 0.101. The maximum absolute atomic E-state index is 13.2. The molecule has 1 saturated heterocycles. The van der Waals surface area contributed by atoms with Crippen molar-refractivity contribution in [3.8, 4) is 0 Å². The largest absolute Gasteiger partial charge is 0.353 e. The number of halogens is 1. The number of hydrogen-bond donors (Lipinski definition) is 1. The molecule has 1 aliphatic heterocycles. The average molecular weight is 535 g/mol. The van der Waals surface area contributed by atoms with E-state index in [1.165, 1.54) is 45.6 Å². The molecule has 11 heteroatoms. The van der Waals surface area contributed by atoms with Crippen molar-refractivity contribution < 1.29 is 17.6 Å².